The quantitative estimate of drug-likeness (QED) is 0.279. The fraction of sp³-hybridized carbons (Fsp3) is 0.889. The van der Waals surface area contributed by atoms with Crippen LogP contribution in [-0.2, 0) is 4.79 Å². The monoisotopic (exact) mass is 234 g/mol. The molecule has 7 nitrogen and oxygen atoms in total. The van der Waals surface area contributed by atoms with Gasteiger partial charge in [-0.2, -0.15) is 0 Å². The molecule has 94 valence electrons. The van der Waals surface area contributed by atoms with Crippen LogP contribution in [0.5, 0.6) is 0 Å². The molecule has 0 aromatic carbocycles. The second-order valence-corrected chi connectivity index (χ2v) is 4.33. The SMILES string of the molecule is O=C(O)CC1(NC(CO)(CO)CO)CNC1. The number of hydrogen-bond donors (Lipinski definition) is 6. The van der Waals surface area contributed by atoms with E-state index in [2.05, 4.69) is 10.6 Å². The van der Waals surface area contributed by atoms with E-state index in [4.69, 9.17) is 20.4 Å². The van der Waals surface area contributed by atoms with Crippen LogP contribution < -0.4 is 10.6 Å². The van der Waals surface area contributed by atoms with E-state index >= 15 is 0 Å². The van der Waals surface area contributed by atoms with E-state index in [1.807, 2.05) is 0 Å². The van der Waals surface area contributed by atoms with Gasteiger partial charge in [-0.3, -0.25) is 10.1 Å². The molecule has 0 spiro atoms. The molecule has 7 heteroatoms. The molecule has 0 atom stereocenters. The van der Waals surface area contributed by atoms with Gasteiger partial charge in [-0.05, 0) is 0 Å². The number of aliphatic hydroxyl groups is 3. The van der Waals surface area contributed by atoms with Crippen LogP contribution in [0.15, 0.2) is 0 Å². The van der Waals surface area contributed by atoms with Crippen molar-refractivity contribution in [2.75, 3.05) is 32.9 Å². The number of hydrogen-bond acceptors (Lipinski definition) is 6. The second-order valence-electron chi connectivity index (χ2n) is 4.33. The number of nitrogens with one attached hydrogen (secondary N) is 2. The summed E-state index contributed by atoms with van der Waals surface area (Å²) in [5.74, 6) is -0.961. The molecular weight excluding hydrogens is 216 g/mol. The summed E-state index contributed by atoms with van der Waals surface area (Å²) in [5.41, 5.74) is -1.95. The summed E-state index contributed by atoms with van der Waals surface area (Å²) in [5, 5.41) is 42.0. The van der Waals surface area contributed by atoms with Crippen LogP contribution in [0.25, 0.3) is 0 Å². The van der Waals surface area contributed by atoms with Gasteiger partial charge < -0.3 is 25.7 Å². The highest BCUT2D eigenvalue weighted by molar-refractivity contribution is 5.69. The lowest BCUT2D eigenvalue weighted by atomic mass is 9.85. The van der Waals surface area contributed by atoms with Gasteiger partial charge in [0.1, 0.15) is 0 Å². The Labute approximate surface area is 93.1 Å². The average molecular weight is 234 g/mol. The van der Waals surface area contributed by atoms with Crippen molar-refractivity contribution in [1.29, 1.82) is 0 Å². The molecule has 6 N–H and O–H groups in total. The van der Waals surface area contributed by atoms with Gasteiger partial charge >= 0.3 is 5.97 Å². The maximum atomic E-state index is 10.7. The van der Waals surface area contributed by atoms with Crippen LogP contribution >= 0.6 is 0 Å². The van der Waals surface area contributed by atoms with Crippen LogP contribution in [0.1, 0.15) is 6.42 Å². The maximum absolute atomic E-state index is 10.7. The van der Waals surface area contributed by atoms with Crippen LogP contribution in [0.3, 0.4) is 0 Å². The van der Waals surface area contributed by atoms with E-state index in [0.717, 1.165) is 0 Å². The molecule has 0 aliphatic carbocycles. The van der Waals surface area contributed by atoms with Gasteiger partial charge in [0, 0.05) is 13.1 Å². The third kappa shape index (κ3) is 2.69. The van der Waals surface area contributed by atoms with Gasteiger partial charge in [-0.25, -0.2) is 0 Å². The molecule has 0 radical (unpaired) electrons. The predicted molar refractivity (Wildman–Crippen MR) is 55.0 cm³/mol. The lowest BCUT2D eigenvalue weighted by Crippen LogP contribution is -2.75. The minimum atomic E-state index is -1.24. The van der Waals surface area contributed by atoms with Crippen molar-refractivity contribution < 1.29 is 25.2 Å². The third-order valence-corrected chi connectivity index (χ3v) is 2.85. The molecule has 1 rings (SSSR count). The Morgan fingerprint density at radius 3 is 2.00 bits per heavy atom. The number of carboxylic acids is 1. The zero-order valence-electron chi connectivity index (χ0n) is 8.94. The highest BCUT2D eigenvalue weighted by Gasteiger charge is 2.45. The Hall–Kier alpha value is -0.730. The highest BCUT2D eigenvalue weighted by Crippen LogP contribution is 2.20. The van der Waals surface area contributed by atoms with E-state index in [0.29, 0.717) is 13.1 Å². The van der Waals surface area contributed by atoms with Gasteiger partial charge in [0.25, 0.3) is 0 Å². The van der Waals surface area contributed by atoms with Crippen LogP contribution in [0.4, 0.5) is 0 Å². The minimum absolute atomic E-state index is 0.123. The molecule has 1 saturated heterocycles. The van der Waals surface area contributed by atoms with E-state index < -0.39 is 36.9 Å². The second kappa shape index (κ2) is 5.07. The van der Waals surface area contributed by atoms with Crippen molar-refractivity contribution >= 4 is 5.97 Å². The zero-order valence-corrected chi connectivity index (χ0v) is 8.94. The molecule has 1 aliphatic rings. The molecule has 0 unspecified atom stereocenters. The van der Waals surface area contributed by atoms with Crippen LogP contribution in [0.2, 0.25) is 0 Å². The van der Waals surface area contributed by atoms with E-state index in [1.165, 1.54) is 0 Å². The third-order valence-electron chi connectivity index (χ3n) is 2.85. The summed E-state index contributed by atoms with van der Waals surface area (Å²) < 4.78 is 0. The standard InChI is InChI=1S/C9H18N2O5/c12-4-9(5-13,6-14)11-8(1-7(15)16)2-10-3-8/h10-14H,1-6H2,(H,15,16). The Morgan fingerprint density at radius 2 is 1.75 bits per heavy atom. The first kappa shape index (κ1) is 13.3. The molecular formula is C9H18N2O5. The fourth-order valence-corrected chi connectivity index (χ4v) is 1.80. The molecule has 16 heavy (non-hydrogen) atoms. The molecule has 1 heterocycles. The van der Waals surface area contributed by atoms with Crippen molar-refractivity contribution in [3.05, 3.63) is 0 Å². The van der Waals surface area contributed by atoms with Crippen LogP contribution in [-0.4, -0.2) is 70.4 Å². The molecule has 1 fully saturated rings. The molecule has 0 bridgehead atoms. The van der Waals surface area contributed by atoms with Gasteiger partial charge in [0.15, 0.2) is 0 Å². The topological polar surface area (TPSA) is 122 Å². The molecule has 0 saturated carbocycles. The van der Waals surface area contributed by atoms with Gasteiger partial charge in [0.2, 0.25) is 0 Å². The molecule has 0 aromatic rings. The zero-order chi connectivity index (χ0) is 12.2. The van der Waals surface area contributed by atoms with Gasteiger partial charge in [-0.15, -0.1) is 0 Å². The normalized spacial score (nSPS) is 19.2. The van der Waals surface area contributed by atoms with E-state index in [9.17, 15) is 4.79 Å². The highest BCUT2D eigenvalue weighted by atomic mass is 16.4. The minimum Gasteiger partial charge on any atom is -0.481 e. The Morgan fingerprint density at radius 1 is 1.25 bits per heavy atom. The van der Waals surface area contributed by atoms with Crippen molar-refractivity contribution in [3.8, 4) is 0 Å². The lowest BCUT2D eigenvalue weighted by Gasteiger charge is -2.48. The summed E-state index contributed by atoms with van der Waals surface area (Å²) >= 11 is 0. The number of carboxylic acid groups (broad SMARTS) is 1. The first-order valence-corrected chi connectivity index (χ1v) is 5.06. The largest absolute Gasteiger partial charge is 0.481 e. The Kier molecular flexibility index (Phi) is 4.22. The number of rotatable bonds is 7. The Bertz CT molecular complexity index is 242. The Balaban J connectivity index is 2.70. The summed E-state index contributed by atoms with van der Waals surface area (Å²) in [4.78, 5) is 10.7. The van der Waals surface area contributed by atoms with Gasteiger partial charge in [0.05, 0.1) is 37.3 Å². The number of aliphatic hydroxyl groups excluding tert-OH is 3. The van der Waals surface area contributed by atoms with Crippen molar-refractivity contribution in [2.45, 2.75) is 17.5 Å². The van der Waals surface area contributed by atoms with Crippen molar-refractivity contribution in [1.82, 2.24) is 10.6 Å². The predicted octanol–water partition coefficient (Wildman–Crippen LogP) is -2.89. The van der Waals surface area contributed by atoms with Crippen LogP contribution in [0, 0.1) is 0 Å². The van der Waals surface area contributed by atoms with E-state index in [1.54, 1.807) is 0 Å². The molecule has 0 aromatic heterocycles. The molecule has 0 amide bonds. The summed E-state index contributed by atoms with van der Waals surface area (Å²) in [7, 11) is 0. The first-order valence-electron chi connectivity index (χ1n) is 5.06. The number of aliphatic carboxylic acids is 1. The summed E-state index contributed by atoms with van der Waals surface area (Å²) in [6.07, 6.45) is -0.123. The van der Waals surface area contributed by atoms with Crippen molar-refractivity contribution in [3.63, 3.8) is 0 Å². The fourth-order valence-electron chi connectivity index (χ4n) is 1.80. The van der Waals surface area contributed by atoms with Crippen molar-refractivity contribution in [2.24, 2.45) is 0 Å². The lowest BCUT2D eigenvalue weighted by molar-refractivity contribution is -0.140. The molecule has 1 aliphatic heterocycles. The average Bonchev–Trinajstić information content (AvgIpc) is 2.22. The van der Waals surface area contributed by atoms with E-state index in [-0.39, 0.29) is 6.42 Å². The van der Waals surface area contributed by atoms with Gasteiger partial charge in [-0.1, -0.05) is 0 Å². The summed E-state index contributed by atoms with van der Waals surface area (Å²) in [6.45, 7) is -0.508. The summed E-state index contributed by atoms with van der Waals surface area (Å²) in [6, 6.07) is 0. The maximum Gasteiger partial charge on any atom is 0.305 e. The number of carbonyl (C=O) groups is 1. The smallest absolute Gasteiger partial charge is 0.305 e. The first-order chi connectivity index (χ1) is 7.51.